The van der Waals surface area contributed by atoms with E-state index < -0.39 is 0 Å². The molecule has 2 unspecified atom stereocenters. The van der Waals surface area contributed by atoms with Crippen molar-refractivity contribution in [3.8, 4) is 0 Å². The van der Waals surface area contributed by atoms with Crippen LogP contribution in [-0.2, 0) is 22.4 Å². The number of thiazole rings is 1. The van der Waals surface area contributed by atoms with Gasteiger partial charge in [-0.1, -0.05) is 37.3 Å². The smallest absolute Gasteiger partial charge is 0.231 e. The van der Waals surface area contributed by atoms with Gasteiger partial charge in [0.1, 0.15) is 0 Å². The van der Waals surface area contributed by atoms with E-state index >= 15 is 0 Å². The fraction of sp³-hybridized carbons (Fsp3) is 0.500. The maximum Gasteiger partial charge on any atom is 0.231 e. The van der Waals surface area contributed by atoms with Crippen LogP contribution in [0.3, 0.4) is 0 Å². The average Bonchev–Trinajstić information content (AvgIpc) is 3.15. The van der Waals surface area contributed by atoms with E-state index in [4.69, 9.17) is 4.98 Å². The van der Waals surface area contributed by atoms with Crippen molar-refractivity contribution < 1.29 is 9.59 Å². The summed E-state index contributed by atoms with van der Waals surface area (Å²) in [6.45, 7) is 3.16. The molecule has 0 spiro atoms. The summed E-state index contributed by atoms with van der Waals surface area (Å²) in [5.41, 5.74) is 2.52. The molecule has 1 aliphatic carbocycles. The van der Waals surface area contributed by atoms with Gasteiger partial charge in [-0.15, -0.1) is 11.3 Å². The fourth-order valence-electron chi connectivity index (χ4n) is 4.29. The molecule has 0 radical (unpaired) electrons. The predicted octanol–water partition coefficient (Wildman–Crippen LogP) is 4.00. The van der Waals surface area contributed by atoms with Crippen molar-refractivity contribution in [1.82, 2.24) is 9.88 Å². The molecule has 4 rings (SSSR count). The van der Waals surface area contributed by atoms with Gasteiger partial charge in [-0.25, -0.2) is 4.98 Å². The van der Waals surface area contributed by atoms with Gasteiger partial charge < -0.3 is 10.2 Å². The Hall–Kier alpha value is -2.21. The number of benzene rings is 1. The van der Waals surface area contributed by atoms with Crippen molar-refractivity contribution >= 4 is 28.3 Å². The van der Waals surface area contributed by atoms with Crippen LogP contribution >= 0.6 is 11.3 Å². The highest BCUT2D eigenvalue weighted by molar-refractivity contribution is 7.15. The molecule has 1 aromatic heterocycles. The highest BCUT2D eigenvalue weighted by atomic mass is 32.1. The van der Waals surface area contributed by atoms with Crippen LogP contribution < -0.4 is 5.32 Å². The van der Waals surface area contributed by atoms with Crippen molar-refractivity contribution in [1.29, 1.82) is 0 Å². The Bertz CT molecular complexity index is 849. The minimum atomic E-state index is -0.137. The third-order valence-corrected chi connectivity index (χ3v) is 6.92. The van der Waals surface area contributed by atoms with Crippen molar-refractivity contribution in [3.63, 3.8) is 0 Å². The number of aromatic nitrogens is 1. The van der Waals surface area contributed by atoms with Crippen LogP contribution in [0.5, 0.6) is 0 Å². The summed E-state index contributed by atoms with van der Waals surface area (Å²) >= 11 is 1.61. The van der Waals surface area contributed by atoms with Crippen LogP contribution in [0.4, 0.5) is 5.13 Å². The topological polar surface area (TPSA) is 62.3 Å². The molecule has 2 aliphatic rings. The van der Waals surface area contributed by atoms with Crippen molar-refractivity contribution in [2.45, 2.75) is 51.4 Å². The molecule has 2 atom stereocenters. The Morgan fingerprint density at radius 2 is 2.07 bits per heavy atom. The molecule has 6 heteroatoms. The standard InChI is InChI=1S/C22H27N3O2S/c1-2-20(26)25-12-6-9-17(14-25)21(27)24-22-23-18-11-10-16(13-19(18)28-22)15-7-4-3-5-8-15/h3-5,7-8,16-17H,2,6,9-14H2,1H3,(H,23,24,27). The van der Waals surface area contributed by atoms with E-state index in [0.717, 1.165) is 44.3 Å². The number of aryl methyl sites for hydroxylation is 1. The van der Waals surface area contributed by atoms with E-state index in [2.05, 4.69) is 35.6 Å². The first-order valence-corrected chi connectivity index (χ1v) is 11.1. The van der Waals surface area contributed by atoms with Crippen molar-refractivity contribution in [3.05, 3.63) is 46.5 Å². The lowest BCUT2D eigenvalue weighted by atomic mass is 9.85. The molecular weight excluding hydrogens is 370 g/mol. The lowest BCUT2D eigenvalue weighted by molar-refractivity contribution is -0.134. The molecule has 148 valence electrons. The lowest BCUT2D eigenvalue weighted by Crippen LogP contribution is -2.43. The first-order chi connectivity index (χ1) is 13.6. The molecule has 1 saturated heterocycles. The molecule has 1 aromatic carbocycles. The summed E-state index contributed by atoms with van der Waals surface area (Å²) in [7, 11) is 0. The average molecular weight is 398 g/mol. The van der Waals surface area contributed by atoms with E-state index in [0.29, 0.717) is 24.0 Å². The van der Waals surface area contributed by atoms with Gasteiger partial charge in [0.05, 0.1) is 11.6 Å². The number of likely N-dealkylation sites (tertiary alicyclic amines) is 1. The Morgan fingerprint density at radius 1 is 1.25 bits per heavy atom. The second-order valence-corrected chi connectivity index (χ2v) is 8.84. The zero-order valence-electron chi connectivity index (χ0n) is 16.3. The zero-order valence-corrected chi connectivity index (χ0v) is 17.1. The third-order valence-electron chi connectivity index (χ3n) is 5.89. The number of hydrogen-bond donors (Lipinski definition) is 1. The number of fused-ring (bicyclic) bond motifs is 1. The number of rotatable bonds is 4. The summed E-state index contributed by atoms with van der Waals surface area (Å²) in [4.78, 5) is 32.5. The lowest BCUT2D eigenvalue weighted by Gasteiger charge is -2.31. The number of nitrogens with zero attached hydrogens (tertiary/aromatic N) is 2. The van der Waals surface area contributed by atoms with E-state index in [1.54, 1.807) is 11.3 Å². The van der Waals surface area contributed by atoms with E-state index in [1.165, 1.54) is 10.4 Å². The van der Waals surface area contributed by atoms with Gasteiger partial charge in [0.15, 0.2) is 5.13 Å². The van der Waals surface area contributed by atoms with Gasteiger partial charge in [0, 0.05) is 24.4 Å². The van der Waals surface area contributed by atoms with Crippen molar-refractivity contribution in [2.24, 2.45) is 5.92 Å². The monoisotopic (exact) mass is 397 g/mol. The molecule has 28 heavy (non-hydrogen) atoms. The number of hydrogen-bond acceptors (Lipinski definition) is 4. The molecule has 2 heterocycles. The number of piperidine rings is 1. The van der Waals surface area contributed by atoms with Crippen LogP contribution in [0.25, 0.3) is 0 Å². The molecule has 2 amide bonds. The Morgan fingerprint density at radius 3 is 2.86 bits per heavy atom. The molecule has 2 aromatic rings. The fourth-order valence-corrected chi connectivity index (χ4v) is 5.38. The number of nitrogens with one attached hydrogen (secondary N) is 1. The number of amides is 2. The zero-order chi connectivity index (χ0) is 19.5. The minimum Gasteiger partial charge on any atom is -0.342 e. The SMILES string of the molecule is CCC(=O)N1CCCC(C(=O)Nc2nc3c(s2)CC(c2ccccc2)CC3)C1. The second-order valence-electron chi connectivity index (χ2n) is 7.76. The molecule has 1 fully saturated rings. The van der Waals surface area contributed by atoms with Crippen LogP contribution in [0.2, 0.25) is 0 Å². The number of anilines is 1. The van der Waals surface area contributed by atoms with Crippen LogP contribution in [0.1, 0.15) is 54.7 Å². The Kier molecular flexibility index (Phi) is 5.76. The van der Waals surface area contributed by atoms with E-state index in [9.17, 15) is 9.59 Å². The van der Waals surface area contributed by atoms with Gasteiger partial charge in [0.25, 0.3) is 0 Å². The molecular formula is C22H27N3O2S. The van der Waals surface area contributed by atoms with Gasteiger partial charge in [0.2, 0.25) is 11.8 Å². The third kappa shape index (κ3) is 4.12. The Balaban J connectivity index is 1.39. The maximum atomic E-state index is 12.7. The molecule has 5 nitrogen and oxygen atoms in total. The quantitative estimate of drug-likeness (QED) is 0.848. The predicted molar refractivity (Wildman–Crippen MR) is 112 cm³/mol. The largest absolute Gasteiger partial charge is 0.342 e. The summed E-state index contributed by atoms with van der Waals surface area (Å²) < 4.78 is 0. The first kappa shape index (κ1) is 19.1. The normalized spacial score (nSPS) is 21.8. The molecule has 0 bridgehead atoms. The molecule has 1 N–H and O–H groups in total. The van der Waals surface area contributed by atoms with E-state index in [1.807, 2.05) is 11.8 Å². The molecule has 0 saturated carbocycles. The van der Waals surface area contributed by atoms with Gasteiger partial charge in [-0.2, -0.15) is 0 Å². The second kappa shape index (κ2) is 8.43. The summed E-state index contributed by atoms with van der Waals surface area (Å²) in [6.07, 6.45) is 5.27. The number of carbonyl (C=O) groups excluding carboxylic acids is 2. The van der Waals surface area contributed by atoms with Gasteiger partial charge in [-0.3, -0.25) is 9.59 Å². The first-order valence-electron chi connectivity index (χ1n) is 10.3. The van der Waals surface area contributed by atoms with Crippen LogP contribution in [-0.4, -0.2) is 34.8 Å². The number of carbonyl (C=O) groups is 2. The molecule has 1 aliphatic heterocycles. The minimum absolute atomic E-state index is 0.000639. The van der Waals surface area contributed by atoms with Crippen LogP contribution in [0, 0.1) is 5.92 Å². The highest BCUT2D eigenvalue weighted by Gasteiger charge is 2.29. The van der Waals surface area contributed by atoms with Crippen molar-refractivity contribution in [2.75, 3.05) is 18.4 Å². The maximum absolute atomic E-state index is 12.7. The Labute approximate surface area is 170 Å². The summed E-state index contributed by atoms with van der Waals surface area (Å²) in [5, 5.41) is 3.74. The van der Waals surface area contributed by atoms with Gasteiger partial charge in [-0.05, 0) is 43.6 Å². The van der Waals surface area contributed by atoms with E-state index in [-0.39, 0.29) is 17.7 Å². The van der Waals surface area contributed by atoms with Gasteiger partial charge >= 0.3 is 0 Å². The highest BCUT2D eigenvalue weighted by Crippen LogP contribution is 2.37. The van der Waals surface area contributed by atoms with Crippen LogP contribution in [0.15, 0.2) is 30.3 Å². The summed E-state index contributed by atoms with van der Waals surface area (Å²) in [5.74, 6) is 0.528. The summed E-state index contributed by atoms with van der Waals surface area (Å²) in [6, 6.07) is 10.6.